The SMILES string of the molecule is CC(=O)O[C@H]1[C@H](OC(C)=O)[C@@H](COS(=O)(=O)c2ccc([N+](=O)[O-])cc2)O[C@@H]1c1c[nH]c([N+](=O)[O-])n1. The van der Waals surface area contributed by atoms with Gasteiger partial charge in [0.05, 0.1) is 16.4 Å². The maximum absolute atomic E-state index is 12.6. The number of hydrogen-bond acceptors (Lipinski definition) is 13. The molecule has 16 nitrogen and oxygen atoms in total. The molecule has 0 aliphatic carbocycles. The minimum absolute atomic E-state index is 0.0687. The van der Waals surface area contributed by atoms with Gasteiger partial charge in [0.25, 0.3) is 15.8 Å². The number of nitro benzene ring substituents is 1. The molecule has 1 saturated heterocycles. The number of nitrogens with zero attached hydrogens (tertiary/aromatic N) is 3. The summed E-state index contributed by atoms with van der Waals surface area (Å²) >= 11 is 0. The largest absolute Gasteiger partial charge is 0.456 e. The first kappa shape index (κ1) is 25.7. The Balaban J connectivity index is 1.86. The van der Waals surface area contributed by atoms with E-state index in [1.54, 1.807) is 0 Å². The standard InChI is InChI=1S/C18H18N4O12S/c1-9(23)32-16-14(8-31-35(29,30)12-5-3-11(4-6-12)21(25)26)34-15(17(16)33-10(2)24)13-7-19-18(20-13)22(27)28/h3-7,14-17H,8H2,1-2H3,(H,19,20)/t14-,15-,16-,17-/m1/s1. The van der Waals surface area contributed by atoms with Gasteiger partial charge in [0.2, 0.25) is 0 Å². The lowest BCUT2D eigenvalue weighted by molar-refractivity contribution is -0.393. The molecule has 2 heterocycles. The third-order valence-electron chi connectivity index (χ3n) is 4.69. The van der Waals surface area contributed by atoms with Crippen LogP contribution in [-0.2, 0) is 38.1 Å². The maximum atomic E-state index is 12.6. The van der Waals surface area contributed by atoms with Crippen LogP contribution in [0.25, 0.3) is 0 Å². The molecule has 1 fully saturated rings. The summed E-state index contributed by atoms with van der Waals surface area (Å²) in [7, 11) is -4.43. The van der Waals surface area contributed by atoms with Crippen LogP contribution in [0.1, 0.15) is 25.6 Å². The van der Waals surface area contributed by atoms with Gasteiger partial charge in [0.1, 0.15) is 12.3 Å². The van der Waals surface area contributed by atoms with E-state index in [-0.39, 0.29) is 16.3 Å². The predicted molar refractivity (Wildman–Crippen MR) is 110 cm³/mol. The van der Waals surface area contributed by atoms with Crippen LogP contribution in [0.5, 0.6) is 0 Å². The van der Waals surface area contributed by atoms with Crippen LogP contribution in [0, 0.1) is 20.2 Å². The van der Waals surface area contributed by atoms with E-state index >= 15 is 0 Å². The Bertz CT molecular complexity index is 1240. The van der Waals surface area contributed by atoms with E-state index in [1.807, 2.05) is 0 Å². The highest BCUT2D eigenvalue weighted by Gasteiger charge is 2.52. The molecule has 3 rings (SSSR count). The molecule has 0 amide bonds. The average Bonchev–Trinajstić information content (AvgIpc) is 3.38. The fourth-order valence-corrected chi connectivity index (χ4v) is 4.20. The molecule has 1 aliphatic heterocycles. The number of non-ortho nitro benzene ring substituents is 1. The van der Waals surface area contributed by atoms with E-state index in [4.69, 9.17) is 18.4 Å². The monoisotopic (exact) mass is 514 g/mol. The molecule has 0 bridgehead atoms. The van der Waals surface area contributed by atoms with Crippen molar-refractivity contribution < 1.29 is 46.2 Å². The van der Waals surface area contributed by atoms with Crippen LogP contribution < -0.4 is 0 Å². The first-order valence-corrected chi connectivity index (χ1v) is 11.1. The quantitative estimate of drug-likeness (QED) is 0.213. The van der Waals surface area contributed by atoms with E-state index in [2.05, 4.69) is 9.97 Å². The second-order valence-electron chi connectivity index (χ2n) is 7.14. The number of aromatic nitrogens is 2. The summed E-state index contributed by atoms with van der Waals surface area (Å²) in [5.74, 6) is -2.24. The first-order chi connectivity index (χ1) is 16.4. The predicted octanol–water partition coefficient (Wildman–Crippen LogP) is 0.935. The molecule has 35 heavy (non-hydrogen) atoms. The smallest absolute Gasteiger partial charge is 0.432 e. The topological polar surface area (TPSA) is 220 Å². The van der Waals surface area contributed by atoms with Gasteiger partial charge in [-0.15, -0.1) is 0 Å². The zero-order chi connectivity index (χ0) is 25.9. The van der Waals surface area contributed by atoms with Crippen LogP contribution in [-0.4, -0.2) is 65.1 Å². The van der Waals surface area contributed by atoms with Crippen LogP contribution in [0.3, 0.4) is 0 Å². The molecule has 2 aromatic rings. The van der Waals surface area contributed by atoms with Crippen molar-refractivity contribution in [2.24, 2.45) is 0 Å². The summed E-state index contributed by atoms with van der Waals surface area (Å²) in [6.45, 7) is 1.40. The van der Waals surface area contributed by atoms with Gasteiger partial charge in [-0.25, -0.2) is 4.98 Å². The number of benzene rings is 1. The number of carbonyl (C=O) groups excluding carboxylic acids is 2. The van der Waals surface area contributed by atoms with E-state index in [0.29, 0.717) is 0 Å². The van der Waals surface area contributed by atoms with Crippen LogP contribution in [0.2, 0.25) is 0 Å². The van der Waals surface area contributed by atoms with Crippen molar-refractivity contribution in [1.82, 2.24) is 9.97 Å². The van der Waals surface area contributed by atoms with Gasteiger partial charge in [-0.1, -0.05) is 4.98 Å². The molecule has 1 aliphatic rings. The van der Waals surface area contributed by atoms with E-state index in [9.17, 15) is 38.2 Å². The molecule has 4 atom stereocenters. The highest BCUT2D eigenvalue weighted by atomic mass is 32.2. The third kappa shape index (κ3) is 5.94. The zero-order valence-electron chi connectivity index (χ0n) is 18.1. The number of esters is 2. The van der Waals surface area contributed by atoms with Crippen molar-refractivity contribution in [2.45, 2.75) is 43.2 Å². The molecule has 0 saturated carbocycles. The van der Waals surface area contributed by atoms with Gasteiger partial charge >= 0.3 is 17.9 Å². The minimum Gasteiger partial charge on any atom is -0.456 e. The van der Waals surface area contributed by atoms with Gasteiger partial charge in [-0.05, 0) is 17.1 Å². The number of nitrogens with one attached hydrogen (secondary N) is 1. The number of hydrogen-bond donors (Lipinski definition) is 1. The maximum Gasteiger partial charge on any atom is 0.432 e. The summed E-state index contributed by atoms with van der Waals surface area (Å²) in [4.78, 5) is 49.2. The Kier molecular flexibility index (Phi) is 7.42. The van der Waals surface area contributed by atoms with Crippen LogP contribution in [0.4, 0.5) is 11.6 Å². The van der Waals surface area contributed by atoms with Crippen molar-refractivity contribution in [3.63, 3.8) is 0 Å². The van der Waals surface area contributed by atoms with Crippen molar-refractivity contribution in [3.8, 4) is 0 Å². The van der Waals surface area contributed by atoms with Gasteiger partial charge < -0.3 is 24.3 Å². The van der Waals surface area contributed by atoms with Gasteiger partial charge in [-0.3, -0.25) is 23.9 Å². The number of imidazole rings is 1. The molecule has 1 aromatic heterocycles. The van der Waals surface area contributed by atoms with Crippen LogP contribution in [0.15, 0.2) is 35.4 Å². The zero-order valence-corrected chi connectivity index (χ0v) is 18.9. The second-order valence-corrected chi connectivity index (χ2v) is 8.75. The lowest BCUT2D eigenvalue weighted by Crippen LogP contribution is -2.40. The normalized spacial score (nSPS) is 21.9. The lowest BCUT2D eigenvalue weighted by Gasteiger charge is -2.22. The summed E-state index contributed by atoms with van der Waals surface area (Å²) in [5, 5.41) is 21.7. The number of nitro groups is 2. The fraction of sp³-hybridized carbons (Fsp3) is 0.389. The summed E-state index contributed by atoms with van der Waals surface area (Å²) in [5.41, 5.74) is -0.404. The molecule has 188 valence electrons. The highest BCUT2D eigenvalue weighted by Crippen LogP contribution is 2.38. The van der Waals surface area contributed by atoms with E-state index in [0.717, 1.165) is 44.3 Å². The Morgan fingerprint density at radius 3 is 2.17 bits per heavy atom. The summed E-state index contributed by atoms with van der Waals surface area (Å²) in [6.07, 6.45) is -4.15. The van der Waals surface area contributed by atoms with E-state index in [1.165, 1.54) is 0 Å². The Morgan fingerprint density at radius 2 is 1.66 bits per heavy atom. The fourth-order valence-electron chi connectivity index (χ4n) is 3.28. The first-order valence-electron chi connectivity index (χ1n) is 9.72. The summed E-state index contributed by atoms with van der Waals surface area (Å²) < 4.78 is 46.2. The van der Waals surface area contributed by atoms with Crippen molar-refractivity contribution in [3.05, 3.63) is 56.4 Å². The lowest BCUT2D eigenvalue weighted by atomic mass is 10.1. The molecule has 0 radical (unpaired) electrons. The number of aromatic amines is 1. The number of ether oxygens (including phenoxy) is 3. The summed E-state index contributed by atoms with van der Waals surface area (Å²) in [6, 6.07) is 3.89. The Hall–Kier alpha value is -3.96. The minimum atomic E-state index is -4.43. The number of rotatable bonds is 9. The Labute approximate surface area is 196 Å². The van der Waals surface area contributed by atoms with Crippen molar-refractivity contribution >= 4 is 33.7 Å². The van der Waals surface area contributed by atoms with Gasteiger partial charge in [0, 0.05) is 26.0 Å². The molecule has 1 aromatic carbocycles. The van der Waals surface area contributed by atoms with E-state index < -0.39 is 68.9 Å². The van der Waals surface area contributed by atoms with Gasteiger partial charge in [-0.2, -0.15) is 8.42 Å². The molecule has 1 N–H and O–H groups in total. The molecule has 17 heteroatoms. The van der Waals surface area contributed by atoms with Crippen molar-refractivity contribution in [1.29, 1.82) is 0 Å². The second kappa shape index (κ2) is 10.1. The number of carbonyl (C=O) groups is 2. The molecular weight excluding hydrogens is 496 g/mol. The number of H-pyrrole nitrogens is 1. The molecule has 0 unspecified atom stereocenters. The average molecular weight is 514 g/mol. The third-order valence-corrected chi connectivity index (χ3v) is 5.98. The van der Waals surface area contributed by atoms with Crippen LogP contribution >= 0.6 is 0 Å². The van der Waals surface area contributed by atoms with Crippen molar-refractivity contribution in [2.75, 3.05) is 6.61 Å². The molecule has 0 spiro atoms. The Morgan fingerprint density at radius 1 is 1.06 bits per heavy atom. The van der Waals surface area contributed by atoms with Gasteiger partial charge in [0.15, 0.2) is 24.0 Å². The highest BCUT2D eigenvalue weighted by molar-refractivity contribution is 7.86. The molecular formula is C18H18N4O12S.